The van der Waals surface area contributed by atoms with Crippen LogP contribution in [0, 0.1) is 5.92 Å². The first-order valence-corrected chi connectivity index (χ1v) is 19.8. The van der Waals surface area contributed by atoms with Crippen LogP contribution in [-0.2, 0) is 29.7 Å². The Morgan fingerprint density at radius 1 is 0.944 bits per heavy atom. The molecule has 0 saturated carbocycles. The molecule has 1 aliphatic rings. The van der Waals surface area contributed by atoms with Gasteiger partial charge >= 0.3 is 5.97 Å². The number of carbonyl (C=O) groups excluding carboxylic acids is 1. The maximum absolute atomic E-state index is 13.1. The summed E-state index contributed by atoms with van der Waals surface area (Å²) in [5, 5.41) is -0.343. The smallest absolute Gasteiger partial charge is 0.319 e. The highest BCUT2D eigenvalue weighted by molar-refractivity contribution is 8.01. The molecule has 1 aliphatic heterocycles. The van der Waals surface area contributed by atoms with Gasteiger partial charge < -0.3 is 18.3 Å². The molecular formula is C28H48O5SSi2. The fourth-order valence-corrected chi connectivity index (χ4v) is 7.39. The first-order chi connectivity index (χ1) is 16.5. The third kappa shape index (κ3) is 8.22. The van der Waals surface area contributed by atoms with Crippen LogP contribution in [0.1, 0.15) is 54.0 Å². The van der Waals surface area contributed by atoms with Crippen molar-refractivity contribution in [1.82, 2.24) is 0 Å². The summed E-state index contributed by atoms with van der Waals surface area (Å²) < 4.78 is 25.3. The standard InChI is InChI=1S/C28H48O5SSi2/c1-12-31-25(29)24-22(20-30-19-21-16-14-13-15-17-21)18-23(32-35(8,9)27(2,3)4)26(34-24)33-36(10,11)28(5,6)7/h13-18,22,24,26H,12,19-20H2,1-11H3/t22-,24-,26+/m1/s1. The van der Waals surface area contributed by atoms with Crippen molar-refractivity contribution in [2.75, 3.05) is 13.2 Å². The average molecular weight is 553 g/mol. The zero-order valence-electron chi connectivity index (χ0n) is 24.3. The van der Waals surface area contributed by atoms with Gasteiger partial charge in [0.2, 0.25) is 8.32 Å². The van der Waals surface area contributed by atoms with E-state index in [1.54, 1.807) is 0 Å². The molecule has 0 N–H and O–H groups in total. The third-order valence-corrected chi connectivity index (χ3v) is 18.0. The van der Waals surface area contributed by atoms with E-state index in [9.17, 15) is 4.79 Å². The fourth-order valence-electron chi connectivity index (χ4n) is 3.22. The van der Waals surface area contributed by atoms with E-state index in [0.717, 1.165) is 11.3 Å². The molecule has 5 nitrogen and oxygen atoms in total. The monoisotopic (exact) mass is 552 g/mol. The van der Waals surface area contributed by atoms with E-state index >= 15 is 0 Å². The Labute approximate surface area is 226 Å². The van der Waals surface area contributed by atoms with Gasteiger partial charge in [-0.2, -0.15) is 0 Å². The molecule has 0 aromatic heterocycles. The Balaban J connectivity index is 2.41. The minimum absolute atomic E-state index is 0.0325. The van der Waals surface area contributed by atoms with Crippen LogP contribution >= 0.6 is 11.8 Å². The summed E-state index contributed by atoms with van der Waals surface area (Å²) in [6.07, 6.45) is 2.10. The lowest BCUT2D eigenvalue weighted by Gasteiger charge is -2.45. The van der Waals surface area contributed by atoms with Gasteiger partial charge in [0, 0.05) is 5.92 Å². The first kappa shape index (κ1) is 31.2. The second kappa shape index (κ2) is 12.2. The van der Waals surface area contributed by atoms with Crippen molar-refractivity contribution in [1.29, 1.82) is 0 Å². The van der Waals surface area contributed by atoms with Crippen LogP contribution in [0.4, 0.5) is 0 Å². The van der Waals surface area contributed by atoms with Crippen LogP contribution in [-0.4, -0.2) is 46.5 Å². The van der Waals surface area contributed by atoms with E-state index < -0.39 is 21.9 Å². The number of esters is 1. The lowest BCUT2D eigenvalue weighted by atomic mass is 10.0. The molecule has 204 valence electrons. The molecule has 8 heteroatoms. The van der Waals surface area contributed by atoms with Gasteiger partial charge in [-0.15, -0.1) is 11.8 Å². The molecule has 0 amide bonds. The van der Waals surface area contributed by atoms with Crippen LogP contribution in [0.15, 0.2) is 42.2 Å². The van der Waals surface area contributed by atoms with Crippen molar-refractivity contribution in [3.63, 3.8) is 0 Å². The van der Waals surface area contributed by atoms with Crippen molar-refractivity contribution >= 4 is 34.4 Å². The van der Waals surface area contributed by atoms with E-state index in [4.69, 9.17) is 18.3 Å². The minimum Gasteiger partial charge on any atom is -0.544 e. The lowest BCUT2D eigenvalue weighted by Crippen LogP contribution is -2.49. The van der Waals surface area contributed by atoms with Crippen LogP contribution in [0.2, 0.25) is 36.3 Å². The van der Waals surface area contributed by atoms with E-state index in [0.29, 0.717) is 19.8 Å². The van der Waals surface area contributed by atoms with E-state index in [-0.39, 0.29) is 27.4 Å². The van der Waals surface area contributed by atoms with Gasteiger partial charge in [0.1, 0.15) is 16.4 Å². The molecule has 0 fully saturated rings. The molecule has 0 unspecified atom stereocenters. The molecule has 0 bridgehead atoms. The highest BCUT2D eigenvalue weighted by Crippen LogP contribution is 2.46. The van der Waals surface area contributed by atoms with Gasteiger partial charge in [-0.3, -0.25) is 4.79 Å². The molecule has 1 aromatic rings. The minimum atomic E-state index is -2.14. The zero-order chi connectivity index (χ0) is 27.4. The quantitative estimate of drug-likeness (QED) is 0.218. The van der Waals surface area contributed by atoms with Crippen LogP contribution < -0.4 is 0 Å². The van der Waals surface area contributed by atoms with Gasteiger partial charge in [0.15, 0.2) is 8.32 Å². The zero-order valence-corrected chi connectivity index (χ0v) is 27.1. The van der Waals surface area contributed by atoms with Crippen LogP contribution in [0.5, 0.6) is 0 Å². The van der Waals surface area contributed by atoms with E-state index in [2.05, 4.69) is 73.8 Å². The molecule has 0 radical (unpaired) electrons. The summed E-state index contributed by atoms with van der Waals surface area (Å²) in [6, 6.07) is 10.1. The Bertz CT molecular complexity index is 887. The van der Waals surface area contributed by atoms with Crippen LogP contribution in [0.3, 0.4) is 0 Å². The topological polar surface area (TPSA) is 54.0 Å². The average Bonchev–Trinajstić information content (AvgIpc) is 2.74. The lowest BCUT2D eigenvalue weighted by molar-refractivity contribution is -0.143. The maximum Gasteiger partial charge on any atom is 0.319 e. The summed E-state index contributed by atoms with van der Waals surface area (Å²) in [5.74, 6) is 0.448. The van der Waals surface area contributed by atoms with Gasteiger partial charge in [0.05, 0.1) is 19.8 Å². The number of hydrogen-bond acceptors (Lipinski definition) is 6. The van der Waals surface area contributed by atoms with Crippen molar-refractivity contribution in [3.8, 4) is 0 Å². The van der Waals surface area contributed by atoms with E-state index in [1.165, 1.54) is 11.8 Å². The number of benzene rings is 1. The molecule has 0 saturated heterocycles. The predicted octanol–water partition coefficient (Wildman–Crippen LogP) is 7.75. The van der Waals surface area contributed by atoms with Gasteiger partial charge in [0.25, 0.3) is 0 Å². The molecular weight excluding hydrogens is 505 g/mol. The van der Waals surface area contributed by atoms with Crippen molar-refractivity contribution in [2.45, 2.75) is 102 Å². The second-order valence-corrected chi connectivity index (χ2v) is 23.3. The maximum atomic E-state index is 13.1. The van der Waals surface area contributed by atoms with Crippen molar-refractivity contribution in [3.05, 3.63) is 47.7 Å². The normalized spacial score (nSPS) is 21.6. The highest BCUT2D eigenvalue weighted by atomic mass is 32.2. The Morgan fingerprint density at radius 2 is 1.53 bits per heavy atom. The summed E-state index contributed by atoms with van der Waals surface area (Å²) >= 11 is 1.52. The summed E-state index contributed by atoms with van der Waals surface area (Å²) in [7, 11) is -4.28. The van der Waals surface area contributed by atoms with Crippen LogP contribution in [0.25, 0.3) is 0 Å². The van der Waals surface area contributed by atoms with Crippen molar-refractivity contribution in [2.24, 2.45) is 5.92 Å². The Morgan fingerprint density at radius 3 is 2.06 bits per heavy atom. The molecule has 3 atom stereocenters. The summed E-state index contributed by atoms with van der Waals surface area (Å²) in [4.78, 5) is 13.1. The first-order valence-electron chi connectivity index (χ1n) is 13.0. The van der Waals surface area contributed by atoms with Gasteiger partial charge in [-0.05, 0) is 54.8 Å². The molecule has 1 aromatic carbocycles. The number of carbonyl (C=O) groups is 1. The number of ether oxygens (including phenoxy) is 2. The Kier molecular flexibility index (Phi) is 10.6. The molecule has 0 aliphatic carbocycles. The molecule has 2 rings (SSSR count). The number of rotatable bonds is 10. The summed E-state index contributed by atoms with van der Waals surface area (Å²) in [6.45, 7) is 25.5. The van der Waals surface area contributed by atoms with E-state index in [1.807, 2.05) is 37.3 Å². The molecule has 36 heavy (non-hydrogen) atoms. The predicted molar refractivity (Wildman–Crippen MR) is 156 cm³/mol. The third-order valence-electron chi connectivity index (χ3n) is 7.60. The summed E-state index contributed by atoms with van der Waals surface area (Å²) in [5.41, 5.74) is 0.759. The molecule has 1 heterocycles. The largest absolute Gasteiger partial charge is 0.544 e. The fraction of sp³-hybridized carbons (Fsp3) is 0.679. The van der Waals surface area contributed by atoms with Crippen molar-refractivity contribution < 1.29 is 23.1 Å². The Hall–Kier alpha value is -1.07. The van der Waals surface area contributed by atoms with Gasteiger partial charge in [-0.25, -0.2) is 0 Å². The number of thioether (sulfide) groups is 1. The number of hydrogen-bond donors (Lipinski definition) is 0. The highest BCUT2D eigenvalue weighted by Gasteiger charge is 2.47. The SMILES string of the molecule is CCOC(=O)[C@@H]1S[C@H](O[Si](C)(C)C(C)(C)C)C(O[Si](C)(C)C(C)(C)C)=C[C@@H]1COCc1ccccc1. The van der Waals surface area contributed by atoms with Gasteiger partial charge in [-0.1, -0.05) is 71.9 Å². The second-order valence-electron chi connectivity index (χ2n) is 12.6. The molecule has 0 spiro atoms.